The third kappa shape index (κ3) is 4.98. The lowest BCUT2D eigenvalue weighted by atomic mass is 10.0. The molecular formula is C23H26N4O3S. The van der Waals surface area contributed by atoms with Gasteiger partial charge in [-0.2, -0.15) is 8.42 Å². The maximum Gasteiger partial charge on any atom is 0.261 e. The van der Waals surface area contributed by atoms with Gasteiger partial charge in [-0.25, -0.2) is 4.99 Å². The van der Waals surface area contributed by atoms with Crippen LogP contribution >= 0.6 is 0 Å². The molecule has 7 nitrogen and oxygen atoms in total. The van der Waals surface area contributed by atoms with Crippen molar-refractivity contribution in [3.05, 3.63) is 71.3 Å². The summed E-state index contributed by atoms with van der Waals surface area (Å²) in [4.78, 5) is 4.71. The van der Waals surface area contributed by atoms with Gasteiger partial charge >= 0.3 is 0 Å². The first-order valence-electron chi connectivity index (χ1n) is 10.2. The van der Waals surface area contributed by atoms with Crippen LogP contribution < -0.4 is 16.2 Å². The number of nitrogens with one attached hydrogen (secondary N) is 1. The number of guanidine groups is 1. The van der Waals surface area contributed by atoms with E-state index in [-0.39, 0.29) is 0 Å². The van der Waals surface area contributed by atoms with Crippen molar-refractivity contribution < 1.29 is 13.0 Å². The number of hydrogen-bond acceptors (Lipinski definition) is 4. The molecule has 8 heteroatoms. The molecule has 0 bridgehead atoms. The molecule has 0 unspecified atom stereocenters. The molecule has 0 aromatic heterocycles. The Morgan fingerprint density at radius 3 is 2.45 bits per heavy atom. The number of rotatable bonds is 2. The number of aliphatic imine (C=N–C) groups is 1. The molecule has 1 heterocycles. The average molecular weight is 439 g/mol. The van der Waals surface area contributed by atoms with Gasteiger partial charge in [-0.1, -0.05) is 42.5 Å². The molecule has 0 atom stereocenters. The molecule has 1 aliphatic heterocycles. The predicted octanol–water partition coefficient (Wildman–Crippen LogP) is 3.35. The van der Waals surface area contributed by atoms with Crippen molar-refractivity contribution in [2.75, 3.05) is 17.8 Å². The Morgan fingerprint density at radius 1 is 1.00 bits per heavy atom. The molecule has 0 amide bonds. The molecule has 5 rings (SSSR count). The Bertz CT molecular complexity index is 1240. The van der Waals surface area contributed by atoms with Crippen molar-refractivity contribution in [3.8, 4) is 0 Å². The summed E-state index contributed by atoms with van der Waals surface area (Å²) in [6.45, 7) is 0.928. The van der Waals surface area contributed by atoms with E-state index in [4.69, 9.17) is 15.3 Å². The molecule has 0 saturated carbocycles. The second kappa shape index (κ2) is 8.56. The normalized spacial score (nSPS) is 15.3. The van der Waals surface area contributed by atoms with Crippen LogP contribution in [0.25, 0.3) is 10.8 Å². The Labute approximate surface area is 182 Å². The largest absolute Gasteiger partial charge is 0.368 e. The first-order chi connectivity index (χ1) is 14.8. The van der Waals surface area contributed by atoms with Gasteiger partial charge in [0.25, 0.3) is 10.1 Å². The van der Waals surface area contributed by atoms with Crippen LogP contribution in [0.5, 0.6) is 0 Å². The quantitative estimate of drug-likeness (QED) is 0.322. The number of nitrogens with zero attached hydrogens (tertiary/aromatic N) is 2. The van der Waals surface area contributed by atoms with Crippen LogP contribution in [-0.4, -0.2) is 31.7 Å². The zero-order valence-electron chi connectivity index (χ0n) is 17.4. The predicted molar refractivity (Wildman–Crippen MR) is 125 cm³/mol. The molecule has 31 heavy (non-hydrogen) atoms. The minimum Gasteiger partial charge on any atom is -0.368 e. The smallest absolute Gasteiger partial charge is 0.261 e. The lowest BCUT2D eigenvalue weighted by Gasteiger charge is -2.31. The topological polar surface area (TPSA) is 108 Å². The molecule has 162 valence electrons. The monoisotopic (exact) mass is 438 g/mol. The first kappa shape index (κ1) is 21.1. The van der Waals surface area contributed by atoms with Gasteiger partial charge in [0.2, 0.25) is 5.96 Å². The lowest BCUT2D eigenvalue weighted by molar-refractivity contribution is 0.490. The second-order valence-corrected chi connectivity index (χ2v) is 9.28. The average Bonchev–Trinajstić information content (AvgIpc) is 3.14. The zero-order valence-corrected chi connectivity index (χ0v) is 18.2. The number of anilines is 1. The van der Waals surface area contributed by atoms with E-state index in [2.05, 4.69) is 65.0 Å². The van der Waals surface area contributed by atoms with Crippen LogP contribution in [0.15, 0.2) is 59.6 Å². The van der Waals surface area contributed by atoms with E-state index < -0.39 is 10.1 Å². The first-order valence-corrected chi connectivity index (χ1v) is 12.1. The molecule has 0 saturated heterocycles. The van der Waals surface area contributed by atoms with Crippen molar-refractivity contribution in [3.63, 3.8) is 0 Å². The molecule has 3 aromatic rings. The van der Waals surface area contributed by atoms with Gasteiger partial charge in [-0.3, -0.25) is 15.0 Å². The summed E-state index contributed by atoms with van der Waals surface area (Å²) < 4.78 is 25.9. The summed E-state index contributed by atoms with van der Waals surface area (Å²) in [7, 11) is -3.67. The Morgan fingerprint density at radius 2 is 1.68 bits per heavy atom. The van der Waals surface area contributed by atoms with E-state index in [9.17, 15) is 8.42 Å². The lowest BCUT2D eigenvalue weighted by Crippen LogP contribution is -2.48. The summed E-state index contributed by atoms with van der Waals surface area (Å²) in [5.41, 5.74) is 15.9. The number of para-hydroxylation sites is 1. The highest BCUT2D eigenvalue weighted by Crippen LogP contribution is 2.36. The minimum atomic E-state index is -3.67. The van der Waals surface area contributed by atoms with Crippen LogP contribution in [0.3, 0.4) is 0 Å². The third-order valence-electron chi connectivity index (χ3n) is 5.45. The molecule has 0 fully saturated rings. The summed E-state index contributed by atoms with van der Waals surface area (Å²) >= 11 is 0. The molecule has 3 aromatic carbocycles. The molecule has 1 aliphatic carbocycles. The fourth-order valence-corrected chi connectivity index (χ4v) is 4.27. The molecule has 2 aliphatic rings. The van der Waals surface area contributed by atoms with E-state index in [1.807, 2.05) is 0 Å². The maximum absolute atomic E-state index is 9.19. The van der Waals surface area contributed by atoms with Gasteiger partial charge in [0.05, 0.1) is 17.6 Å². The number of benzene rings is 3. The van der Waals surface area contributed by atoms with Crippen LogP contribution in [-0.2, 0) is 29.4 Å². The van der Waals surface area contributed by atoms with Gasteiger partial charge in [0.1, 0.15) is 0 Å². The van der Waals surface area contributed by atoms with E-state index in [1.165, 1.54) is 33.2 Å². The third-order valence-corrected chi connectivity index (χ3v) is 5.45. The van der Waals surface area contributed by atoms with Gasteiger partial charge < -0.3 is 5.73 Å². The Kier molecular flexibility index (Phi) is 5.84. The van der Waals surface area contributed by atoms with E-state index >= 15 is 0 Å². The summed E-state index contributed by atoms with van der Waals surface area (Å²) in [6.07, 6.45) is 5.18. The van der Waals surface area contributed by atoms with Gasteiger partial charge in [-0.05, 0) is 59.9 Å². The van der Waals surface area contributed by atoms with Crippen molar-refractivity contribution in [2.45, 2.75) is 25.7 Å². The van der Waals surface area contributed by atoms with Crippen molar-refractivity contribution >= 4 is 38.2 Å². The summed E-state index contributed by atoms with van der Waals surface area (Å²) in [5.74, 6) is 0.431. The van der Waals surface area contributed by atoms with E-state index in [0.717, 1.165) is 37.9 Å². The standard InChI is InChI=1S/C22H22N4.CH4O3S/c23-22(25-26-14-4-7-15-5-1-2-9-20(15)26)24-19-13-12-17-11-10-16-6-3-8-18(19)21(16)17;1-5(2,3)4/h1-3,5-6,8-9,12-13H,4,7,10-11,14H2,(H3,23,24,25);1H3,(H,2,3,4). The van der Waals surface area contributed by atoms with Crippen molar-refractivity contribution in [2.24, 2.45) is 10.7 Å². The maximum atomic E-state index is 9.19. The fourth-order valence-electron chi connectivity index (χ4n) is 4.27. The van der Waals surface area contributed by atoms with Gasteiger partial charge in [-0.15, -0.1) is 0 Å². The number of nitrogens with two attached hydrogens (primary N) is 1. The van der Waals surface area contributed by atoms with Crippen LogP contribution in [0.1, 0.15) is 23.1 Å². The number of aryl methyl sites for hydroxylation is 3. The Hall–Kier alpha value is -3.10. The highest BCUT2D eigenvalue weighted by atomic mass is 32.2. The van der Waals surface area contributed by atoms with Gasteiger partial charge in [0.15, 0.2) is 0 Å². The molecule has 0 radical (unpaired) electrons. The van der Waals surface area contributed by atoms with Crippen molar-refractivity contribution in [1.82, 2.24) is 5.43 Å². The number of hydrogen-bond donors (Lipinski definition) is 3. The molecular weight excluding hydrogens is 412 g/mol. The highest BCUT2D eigenvalue weighted by molar-refractivity contribution is 7.85. The number of hydrazine groups is 1. The fraction of sp³-hybridized carbons (Fsp3) is 0.261. The van der Waals surface area contributed by atoms with Crippen LogP contribution in [0, 0.1) is 0 Å². The van der Waals surface area contributed by atoms with Crippen LogP contribution in [0.4, 0.5) is 11.4 Å². The van der Waals surface area contributed by atoms with E-state index in [0.29, 0.717) is 12.2 Å². The van der Waals surface area contributed by atoms with Crippen LogP contribution in [0.2, 0.25) is 0 Å². The Balaban J connectivity index is 0.000000418. The summed E-state index contributed by atoms with van der Waals surface area (Å²) in [5, 5.41) is 4.67. The number of fused-ring (bicyclic) bond motifs is 1. The molecule has 4 N–H and O–H groups in total. The SMILES string of the molecule is CS(=O)(=O)O.NC(=Nc1ccc2c3c(cccc13)CC2)NN1CCCc2ccccc21. The zero-order chi connectivity index (χ0) is 22.0. The molecule has 0 spiro atoms. The van der Waals surface area contributed by atoms with Gasteiger partial charge in [0, 0.05) is 11.9 Å². The summed E-state index contributed by atoms with van der Waals surface area (Å²) in [6, 6.07) is 19.2. The second-order valence-electron chi connectivity index (χ2n) is 7.81. The highest BCUT2D eigenvalue weighted by Gasteiger charge is 2.18. The minimum absolute atomic E-state index is 0.431. The van der Waals surface area contributed by atoms with Crippen molar-refractivity contribution in [1.29, 1.82) is 0 Å². The van der Waals surface area contributed by atoms with E-state index in [1.54, 1.807) is 0 Å².